The van der Waals surface area contributed by atoms with E-state index in [0.29, 0.717) is 31.2 Å². The van der Waals surface area contributed by atoms with Crippen LogP contribution in [0.1, 0.15) is 28.9 Å². The van der Waals surface area contributed by atoms with Gasteiger partial charge in [-0.2, -0.15) is 0 Å². The fourth-order valence-electron chi connectivity index (χ4n) is 3.92. The quantitative estimate of drug-likeness (QED) is 0.846. The Morgan fingerprint density at radius 2 is 1.86 bits per heavy atom. The molecule has 1 aromatic carbocycles. The summed E-state index contributed by atoms with van der Waals surface area (Å²) in [5, 5.41) is 2.89. The van der Waals surface area contributed by atoms with Gasteiger partial charge in [0, 0.05) is 32.5 Å². The van der Waals surface area contributed by atoms with Gasteiger partial charge in [0.05, 0.1) is 25.1 Å². The Morgan fingerprint density at radius 1 is 1.07 bits per heavy atom. The highest BCUT2D eigenvalue weighted by Crippen LogP contribution is 2.33. The molecule has 0 unspecified atom stereocenters. The Bertz CT molecular complexity index is 886. The predicted molar refractivity (Wildman–Crippen MR) is 104 cm³/mol. The van der Waals surface area contributed by atoms with Gasteiger partial charge in [-0.15, -0.1) is 0 Å². The van der Waals surface area contributed by atoms with Crippen molar-refractivity contribution in [3.63, 3.8) is 0 Å². The Hall–Kier alpha value is -2.84. The highest BCUT2D eigenvalue weighted by molar-refractivity contribution is 5.92. The lowest BCUT2D eigenvalue weighted by Gasteiger charge is -2.38. The second kappa shape index (κ2) is 7.53. The van der Waals surface area contributed by atoms with Gasteiger partial charge in [-0.3, -0.25) is 4.79 Å². The fourth-order valence-corrected chi connectivity index (χ4v) is 3.92. The number of nitrogens with zero attached hydrogens (tertiary/aromatic N) is 2. The SMILES string of the molecule is O=C(NCc1ccc2c(c1)OCO2)c1ccc(N2CCC3(CC2)OCCO3)cn1. The van der Waals surface area contributed by atoms with Crippen LogP contribution < -0.4 is 19.7 Å². The largest absolute Gasteiger partial charge is 0.454 e. The third-order valence-corrected chi connectivity index (χ3v) is 5.57. The normalized spacial score (nSPS) is 19.5. The van der Waals surface area contributed by atoms with E-state index in [1.807, 2.05) is 24.3 Å². The van der Waals surface area contributed by atoms with E-state index < -0.39 is 5.79 Å². The molecule has 3 aliphatic rings. The molecule has 29 heavy (non-hydrogen) atoms. The van der Waals surface area contributed by atoms with Gasteiger partial charge >= 0.3 is 0 Å². The van der Waals surface area contributed by atoms with E-state index >= 15 is 0 Å². The minimum Gasteiger partial charge on any atom is -0.454 e. The molecule has 152 valence electrons. The number of fused-ring (bicyclic) bond motifs is 1. The predicted octanol–water partition coefficient (Wildman–Crippen LogP) is 2.08. The number of benzene rings is 1. The van der Waals surface area contributed by atoms with Gasteiger partial charge in [-0.1, -0.05) is 6.07 Å². The van der Waals surface area contributed by atoms with Crippen LogP contribution in [-0.4, -0.2) is 49.8 Å². The smallest absolute Gasteiger partial charge is 0.270 e. The summed E-state index contributed by atoms with van der Waals surface area (Å²) in [5.41, 5.74) is 2.34. The first-order chi connectivity index (χ1) is 14.2. The zero-order valence-corrected chi connectivity index (χ0v) is 16.1. The van der Waals surface area contributed by atoms with Crippen molar-refractivity contribution in [3.8, 4) is 11.5 Å². The van der Waals surface area contributed by atoms with Crippen LogP contribution in [0, 0.1) is 0 Å². The summed E-state index contributed by atoms with van der Waals surface area (Å²) in [6.45, 7) is 3.68. The van der Waals surface area contributed by atoms with Gasteiger partial charge in [-0.05, 0) is 29.8 Å². The van der Waals surface area contributed by atoms with Crippen LogP contribution in [0.5, 0.6) is 11.5 Å². The molecule has 2 fully saturated rings. The highest BCUT2D eigenvalue weighted by Gasteiger charge is 2.39. The first-order valence-corrected chi connectivity index (χ1v) is 9.86. The van der Waals surface area contributed by atoms with Crippen LogP contribution in [0.15, 0.2) is 36.5 Å². The van der Waals surface area contributed by atoms with Crippen molar-refractivity contribution in [3.05, 3.63) is 47.8 Å². The number of anilines is 1. The number of carbonyl (C=O) groups is 1. The second-order valence-electron chi connectivity index (χ2n) is 7.37. The first-order valence-electron chi connectivity index (χ1n) is 9.86. The maximum Gasteiger partial charge on any atom is 0.270 e. The van der Waals surface area contributed by atoms with Crippen molar-refractivity contribution in [2.45, 2.75) is 25.2 Å². The summed E-state index contributed by atoms with van der Waals surface area (Å²) in [6.07, 6.45) is 3.43. The third kappa shape index (κ3) is 3.73. The molecule has 1 spiro atoms. The minimum atomic E-state index is -0.390. The zero-order valence-electron chi connectivity index (χ0n) is 16.1. The van der Waals surface area contributed by atoms with Crippen molar-refractivity contribution in [1.29, 1.82) is 0 Å². The highest BCUT2D eigenvalue weighted by atomic mass is 16.7. The van der Waals surface area contributed by atoms with Gasteiger partial charge in [0.25, 0.3) is 5.91 Å². The fraction of sp³-hybridized carbons (Fsp3) is 0.429. The van der Waals surface area contributed by atoms with Crippen molar-refractivity contribution in [2.75, 3.05) is 38.0 Å². The number of nitrogens with one attached hydrogen (secondary N) is 1. The molecule has 2 aromatic rings. The Kier molecular flexibility index (Phi) is 4.73. The van der Waals surface area contributed by atoms with Crippen molar-refractivity contribution in [1.82, 2.24) is 10.3 Å². The second-order valence-corrected chi connectivity index (χ2v) is 7.37. The lowest BCUT2D eigenvalue weighted by Crippen LogP contribution is -2.45. The zero-order chi connectivity index (χ0) is 19.7. The van der Waals surface area contributed by atoms with E-state index in [4.69, 9.17) is 18.9 Å². The number of carbonyl (C=O) groups excluding carboxylic acids is 1. The maximum absolute atomic E-state index is 12.4. The summed E-state index contributed by atoms with van der Waals surface area (Å²) >= 11 is 0. The van der Waals surface area contributed by atoms with Crippen LogP contribution in [0.4, 0.5) is 5.69 Å². The molecule has 0 atom stereocenters. The summed E-state index contributed by atoms with van der Waals surface area (Å²) < 4.78 is 22.2. The number of pyridine rings is 1. The summed E-state index contributed by atoms with van der Waals surface area (Å²) in [7, 11) is 0. The van der Waals surface area contributed by atoms with Crippen LogP contribution in [-0.2, 0) is 16.0 Å². The number of ether oxygens (including phenoxy) is 4. The molecule has 8 heteroatoms. The minimum absolute atomic E-state index is 0.209. The van der Waals surface area contributed by atoms with Crippen molar-refractivity contribution in [2.24, 2.45) is 0 Å². The van der Waals surface area contributed by atoms with E-state index in [0.717, 1.165) is 42.9 Å². The maximum atomic E-state index is 12.4. The van der Waals surface area contributed by atoms with Crippen LogP contribution in [0.25, 0.3) is 0 Å². The van der Waals surface area contributed by atoms with Gasteiger partial charge in [-0.25, -0.2) is 4.98 Å². The monoisotopic (exact) mass is 397 g/mol. The number of hydrogen-bond acceptors (Lipinski definition) is 7. The average molecular weight is 397 g/mol. The van der Waals surface area contributed by atoms with Gasteiger partial charge in [0.15, 0.2) is 17.3 Å². The molecule has 1 amide bonds. The Morgan fingerprint density at radius 3 is 2.62 bits per heavy atom. The van der Waals surface area contributed by atoms with E-state index in [1.165, 1.54) is 0 Å². The molecule has 1 aromatic heterocycles. The molecular weight excluding hydrogens is 374 g/mol. The van der Waals surface area contributed by atoms with E-state index in [9.17, 15) is 4.79 Å². The molecule has 3 aliphatic heterocycles. The molecule has 2 saturated heterocycles. The number of hydrogen-bond donors (Lipinski definition) is 1. The lowest BCUT2D eigenvalue weighted by molar-refractivity contribution is -0.169. The molecule has 0 radical (unpaired) electrons. The summed E-state index contributed by atoms with van der Waals surface area (Å²) in [5.74, 6) is 0.834. The van der Waals surface area contributed by atoms with Crippen LogP contribution >= 0.6 is 0 Å². The Balaban J connectivity index is 1.16. The Labute approximate surface area is 168 Å². The van der Waals surface area contributed by atoms with Crippen LogP contribution in [0.2, 0.25) is 0 Å². The summed E-state index contributed by atoms with van der Waals surface area (Å²) in [6, 6.07) is 9.33. The van der Waals surface area contributed by atoms with Crippen molar-refractivity contribution < 1.29 is 23.7 Å². The van der Waals surface area contributed by atoms with E-state index in [1.54, 1.807) is 12.3 Å². The molecule has 0 aliphatic carbocycles. The van der Waals surface area contributed by atoms with Gasteiger partial charge in [0.2, 0.25) is 6.79 Å². The molecule has 0 saturated carbocycles. The standard InChI is InChI=1S/C21H23N3O5/c25-20(23-12-15-1-4-18-19(11-15)27-14-26-18)17-3-2-16(13-22-17)24-7-5-21(6-8-24)28-9-10-29-21/h1-4,11,13H,5-10,12,14H2,(H,23,25). The molecule has 5 rings (SSSR count). The van der Waals surface area contributed by atoms with Gasteiger partial charge < -0.3 is 29.2 Å². The topological polar surface area (TPSA) is 82.2 Å². The van der Waals surface area contributed by atoms with E-state index in [2.05, 4.69) is 15.2 Å². The van der Waals surface area contributed by atoms with E-state index in [-0.39, 0.29) is 12.7 Å². The summed E-state index contributed by atoms with van der Waals surface area (Å²) in [4.78, 5) is 19.0. The van der Waals surface area contributed by atoms with Gasteiger partial charge in [0.1, 0.15) is 5.69 Å². The van der Waals surface area contributed by atoms with Crippen molar-refractivity contribution >= 4 is 11.6 Å². The lowest BCUT2D eigenvalue weighted by atomic mass is 10.0. The van der Waals surface area contributed by atoms with Crippen LogP contribution in [0.3, 0.4) is 0 Å². The molecule has 4 heterocycles. The molecule has 0 bridgehead atoms. The first kappa shape index (κ1) is 18.2. The molecular formula is C21H23N3O5. The number of amides is 1. The number of aromatic nitrogens is 1. The third-order valence-electron chi connectivity index (χ3n) is 5.57. The number of rotatable bonds is 4. The molecule has 8 nitrogen and oxygen atoms in total. The number of piperidine rings is 1. The molecule has 1 N–H and O–H groups in total. The average Bonchev–Trinajstić information content (AvgIpc) is 3.42.